The van der Waals surface area contributed by atoms with Crippen LogP contribution in [-0.4, -0.2) is 45.8 Å². The summed E-state index contributed by atoms with van der Waals surface area (Å²) in [5.74, 6) is -5.51. The first-order valence-corrected chi connectivity index (χ1v) is 3.12. The Hall–Kier alpha value is -1.21. The molecule has 0 atom stereocenters. The van der Waals surface area contributed by atoms with Gasteiger partial charge >= 0.3 is 53.8 Å². The molecule has 108 valence electrons. The van der Waals surface area contributed by atoms with Crippen LogP contribution in [0.1, 0.15) is 0 Å². The fourth-order valence-electron chi connectivity index (χ4n) is 0. The van der Waals surface area contributed by atoms with Crippen LogP contribution < -0.4 is 34.7 Å². The smallest absolute Gasteiger partial charge is 0.565 e. The Balaban J connectivity index is -0.0000000900. The number of aliphatic carboxylic acids is 2. The Kier molecular flexibility index (Phi) is 14.8. The Labute approximate surface area is 121 Å². The van der Waals surface area contributed by atoms with Crippen LogP contribution in [0.4, 0.5) is 31.1 Å². The third-order valence-electron chi connectivity index (χ3n) is 0.485. The van der Waals surface area contributed by atoms with Crippen LogP contribution in [0.2, 0.25) is 0 Å². The molecule has 0 heterocycles. The van der Waals surface area contributed by atoms with Gasteiger partial charge in [0.25, 0.3) is 0 Å². The van der Waals surface area contributed by atoms with Crippen molar-refractivity contribution >= 4 is 18.1 Å². The minimum Gasteiger partial charge on any atom is -0.565 e. The second-order valence-corrected chi connectivity index (χ2v) is 1.87. The molecule has 0 saturated carbocycles. The molecule has 0 saturated heterocycles. The maximum absolute atomic E-state index is 10.6. The SMILES string of the molecule is O=C(O)C(F)(F)F.O=C(O)C(F)(F)F.O=C([O-])O.[Na+]. The fourth-order valence-corrected chi connectivity index (χ4v) is 0. The number of hydrogen-bond acceptors (Lipinski definition) is 4. The van der Waals surface area contributed by atoms with Gasteiger partial charge in [-0.15, -0.1) is 0 Å². The number of carboxylic acid groups (broad SMARTS) is 4. The first-order valence-electron chi connectivity index (χ1n) is 3.12. The van der Waals surface area contributed by atoms with Crippen LogP contribution in [0.3, 0.4) is 0 Å². The van der Waals surface area contributed by atoms with Gasteiger partial charge in [0, 0.05) is 0 Å². The van der Waals surface area contributed by atoms with Crippen LogP contribution >= 0.6 is 0 Å². The summed E-state index contributed by atoms with van der Waals surface area (Å²) in [6.45, 7) is 0. The van der Waals surface area contributed by atoms with Crippen molar-refractivity contribution in [1.29, 1.82) is 0 Å². The van der Waals surface area contributed by atoms with Crippen molar-refractivity contribution in [2.75, 3.05) is 0 Å². The molecule has 19 heavy (non-hydrogen) atoms. The van der Waals surface area contributed by atoms with Gasteiger partial charge in [-0.25, -0.2) is 9.59 Å². The predicted octanol–water partition coefficient (Wildman–Crippen LogP) is -2.84. The van der Waals surface area contributed by atoms with E-state index in [0.717, 1.165) is 0 Å². The molecule has 0 rings (SSSR count). The molecule has 0 aliphatic heterocycles. The molecule has 0 fully saturated rings. The summed E-state index contributed by atoms with van der Waals surface area (Å²) < 4.78 is 63.5. The summed E-state index contributed by atoms with van der Waals surface area (Å²) in [7, 11) is 0. The number of halogens is 6. The largest absolute Gasteiger partial charge is 1.00 e. The van der Waals surface area contributed by atoms with E-state index in [4.69, 9.17) is 34.8 Å². The summed E-state index contributed by atoms with van der Waals surface area (Å²) >= 11 is 0. The molecule has 0 spiro atoms. The molecule has 0 bridgehead atoms. The Morgan fingerprint density at radius 3 is 0.789 bits per heavy atom. The van der Waals surface area contributed by atoms with Crippen molar-refractivity contribution in [3.05, 3.63) is 0 Å². The van der Waals surface area contributed by atoms with E-state index in [0.29, 0.717) is 0 Å². The molecular formula is C5H3F6NaO7. The maximum atomic E-state index is 10.6. The Bertz CT molecular complexity index is 269. The van der Waals surface area contributed by atoms with Crippen molar-refractivity contribution in [2.45, 2.75) is 12.4 Å². The van der Waals surface area contributed by atoms with Crippen LogP contribution in [-0.2, 0) is 9.59 Å². The van der Waals surface area contributed by atoms with E-state index >= 15 is 0 Å². The molecule has 0 aromatic heterocycles. The zero-order chi connectivity index (χ0) is 15.7. The fraction of sp³-hybridized carbons (Fsp3) is 0.400. The minimum atomic E-state index is -5.08. The molecule has 3 N–H and O–H groups in total. The summed E-state index contributed by atoms with van der Waals surface area (Å²) in [5, 5.41) is 29.6. The molecule has 0 radical (unpaired) electrons. The van der Waals surface area contributed by atoms with Gasteiger partial charge in [-0.2, -0.15) is 26.3 Å². The van der Waals surface area contributed by atoms with E-state index in [1.165, 1.54) is 0 Å². The molecule has 0 unspecified atom stereocenters. The third kappa shape index (κ3) is 31.5. The molecular weight excluding hydrogens is 309 g/mol. The van der Waals surface area contributed by atoms with Crippen LogP contribution in [0.5, 0.6) is 0 Å². The summed E-state index contributed by atoms with van der Waals surface area (Å²) in [6.07, 6.45) is -12.2. The van der Waals surface area contributed by atoms with Gasteiger partial charge in [-0.05, 0) is 0 Å². The summed E-state index contributed by atoms with van der Waals surface area (Å²) in [4.78, 5) is 26.2. The minimum absolute atomic E-state index is 0. The van der Waals surface area contributed by atoms with Crippen molar-refractivity contribution in [1.82, 2.24) is 0 Å². The number of carboxylic acids is 2. The van der Waals surface area contributed by atoms with E-state index in [9.17, 15) is 26.3 Å². The molecule has 0 aliphatic carbocycles. The van der Waals surface area contributed by atoms with Crippen LogP contribution in [0.25, 0.3) is 0 Å². The predicted molar refractivity (Wildman–Crippen MR) is 35.4 cm³/mol. The maximum Gasteiger partial charge on any atom is 1.00 e. The average molecular weight is 312 g/mol. The van der Waals surface area contributed by atoms with Gasteiger partial charge in [0.05, 0.1) is 0 Å². The van der Waals surface area contributed by atoms with Gasteiger partial charge < -0.3 is 25.2 Å². The van der Waals surface area contributed by atoms with Gasteiger partial charge in [-0.1, -0.05) is 0 Å². The zero-order valence-electron chi connectivity index (χ0n) is 8.74. The second-order valence-electron chi connectivity index (χ2n) is 1.87. The van der Waals surface area contributed by atoms with E-state index in [2.05, 4.69) is 0 Å². The normalized spacial score (nSPS) is 9.58. The molecule has 0 amide bonds. The van der Waals surface area contributed by atoms with E-state index in [-0.39, 0.29) is 29.6 Å². The Morgan fingerprint density at radius 1 is 0.737 bits per heavy atom. The van der Waals surface area contributed by atoms with Crippen molar-refractivity contribution < 1.29 is 90.7 Å². The van der Waals surface area contributed by atoms with Gasteiger partial charge in [0.15, 0.2) is 0 Å². The van der Waals surface area contributed by atoms with Crippen molar-refractivity contribution in [3.63, 3.8) is 0 Å². The van der Waals surface area contributed by atoms with Crippen molar-refractivity contribution in [3.8, 4) is 0 Å². The van der Waals surface area contributed by atoms with E-state index < -0.39 is 30.4 Å². The summed E-state index contributed by atoms with van der Waals surface area (Å²) in [6, 6.07) is 0. The summed E-state index contributed by atoms with van der Waals surface area (Å²) in [5.41, 5.74) is 0. The molecule has 7 nitrogen and oxygen atoms in total. The zero-order valence-corrected chi connectivity index (χ0v) is 10.7. The van der Waals surface area contributed by atoms with Crippen molar-refractivity contribution in [2.24, 2.45) is 0 Å². The molecule has 0 aromatic carbocycles. The van der Waals surface area contributed by atoms with Gasteiger partial charge in [0.2, 0.25) is 6.16 Å². The monoisotopic (exact) mass is 312 g/mol. The first kappa shape index (κ1) is 26.4. The Morgan fingerprint density at radius 2 is 0.789 bits per heavy atom. The third-order valence-corrected chi connectivity index (χ3v) is 0.485. The number of hydrogen-bond donors (Lipinski definition) is 3. The molecule has 0 aromatic rings. The van der Waals surface area contributed by atoms with Crippen LogP contribution in [0.15, 0.2) is 0 Å². The second kappa shape index (κ2) is 10.7. The standard InChI is InChI=1S/2C2HF3O2.CH2O3.Na/c2*3-2(4,5)1(6)7;2-1(3)4;/h2*(H,6,7);(H2,2,3,4);/q;;;+1/p-1. The van der Waals surface area contributed by atoms with Gasteiger partial charge in [0.1, 0.15) is 0 Å². The molecule has 0 aliphatic rings. The molecule has 14 heteroatoms. The topological polar surface area (TPSA) is 135 Å². The van der Waals surface area contributed by atoms with Crippen LogP contribution in [0, 0.1) is 0 Å². The quantitative estimate of drug-likeness (QED) is 0.324. The number of alkyl halides is 6. The number of carbonyl (C=O) groups is 3. The van der Waals surface area contributed by atoms with E-state index in [1.807, 2.05) is 0 Å². The number of rotatable bonds is 0. The first-order chi connectivity index (χ1) is 7.62. The average Bonchev–Trinajstić information content (AvgIpc) is 1.99. The van der Waals surface area contributed by atoms with Gasteiger partial charge in [-0.3, -0.25) is 0 Å². The van der Waals surface area contributed by atoms with E-state index in [1.54, 1.807) is 0 Å².